The van der Waals surface area contributed by atoms with E-state index < -0.39 is 35.6 Å². The van der Waals surface area contributed by atoms with Gasteiger partial charge in [0.05, 0.1) is 25.7 Å². The lowest BCUT2D eigenvalue weighted by molar-refractivity contribution is -0.137. The average Bonchev–Trinajstić information content (AvgIpc) is 2.72. The standard InChI is InChI=1S/C20H21NO9/c1-3-28-20(26)12-9-21-19(25)16(17(12)24)11(8-15(22)23)10-6-13(27-2)18-14(7-10)29-4-5-30-18/h6-7,9,11H,3-5,8H2,1-2H3,(H,22,23)(H2,21,24,25)/t11-/m0/s1. The summed E-state index contributed by atoms with van der Waals surface area (Å²) < 4.78 is 21.3. The third-order valence-corrected chi connectivity index (χ3v) is 4.58. The Bertz CT molecular complexity index is 1010. The van der Waals surface area contributed by atoms with Crippen LogP contribution in [0, 0.1) is 0 Å². The maximum atomic E-state index is 12.6. The Morgan fingerprint density at radius 2 is 2.00 bits per heavy atom. The fourth-order valence-corrected chi connectivity index (χ4v) is 3.28. The van der Waals surface area contributed by atoms with Crippen LogP contribution >= 0.6 is 0 Å². The number of pyridine rings is 1. The molecule has 0 radical (unpaired) electrons. The van der Waals surface area contributed by atoms with Gasteiger partial charge in [0.25, 0.3) is 5.56 Å². The second-order valence-electron chi connectivity index (χ2n) is 6.41. The normalized spacial score (nSPS) is 13.4. The van der Waals surface area contributed by atoms with Crippen LogP contribution in [0.2, 0.25) is 0 Å². The molecule has 0 bridgehead atoms. The summed E-state index contributed by atoms with van der Waals surface area (Å²) >= 11 is 0. The van der Waals surface area contributed by atoms with Crippen LogP contribution in [-0.4, -0.2) is 54.1 Å². The molecule has 1 aliphatic heterocycles. The number of hydrogen-bond acceptors (Lipinski definition) is 8. The van der Waals surface area contributed by atoms with Gasteiger partial charge in [-0.2, -0.15) is 0 Å². The Balaban J connectivity index is 2.19. The van der Waals surface area contributed by atoms with Crippen LogP contribution in [0.5, 0.6) is 23.0 Å². The highest BCUT2D eigenvalue weighted by molar-refractivity contribution is 5.92. The van der Waals surface area contributed by atoms with E-state index in [1.165, 1.54) is 19.2 Å². The van der Waals surface area contributed by atoms with E-state index in [0.29, 0.717) is 23.7 Å². The second-order valence-corrected chi connectivity index (χ2v) is 6.41. The summed E-state index contributed by atoms with van der Waals surface area (Å²) in [6, 6.07) is 3.04. The number of H-pyrrole nitrogens is 1. The summed E-state index contributed by atoms with van der Waals surface area (Å²) in [7, 11) is 1.41. The number of carbonyl (C=O) groups excluding carboxylic acids is 1. The van der Waals surface area contributed by atoms with Gasteiger partial charge in [0.15, 0.2) is 11.5 Å². The van der Waals surface area contributed by atoms with Crippen LogP contribution in [-0.2, 0) is 9.53 Å². The van der Waals surface area contributed by atoms with E-state index >= 15 is 0 Å². The SMILES string of the molecule is CCOC(=O)c1c[nH]c(=O)c([C@@H](CC(=O)O)c2cc(OC)c3c(c2)OCCO3)c1O. The number of methoxy groups -OCH3 is 1. The lowest BCUT2D eigenvalue weighted by Gasteiger charge is -2.24. The number of fused-ring (bicyclic) bond motifs is 1. The number of aromatic hydroxyl groups is 1. The minimum absolute atomic E-state index is 0.0602. The molecule has 3 N–H and O–H groups in total. The van der Waals surface area contributed by atoms with Crippen LogP contribution in [0.1, 0.15) is 40.7 Å². The van der Waals surface area contributed by atoms with E-state index in [-0.39, 0.29) is 30.1 Å². The fourth-order valence-electron chi connectivity index (χ4n) is 3.28. The number of benzene rings is 1. The minimum atomic E-state index is -1.21. The summed E-state index contributed by atoms with van der Waals surface area (Å²) in [6.07, 6.45) is 0.493. The first-order valence-corrected chi connectivity index (χ1v) is 9.18. The Morgan fingerprint density at radius 1 is 1.27 bits per heavy atom. The topological polar surface area (TPSA) is 144 Å². The third-order valence-electron chi connectivity index (χ3n) is 4.58. The van der Waals surface area contributed by atoms with Crippen molar-refractivity contribution in [2.45, 2.75) is 19.3 Å². The van der Waals surface area contributed by atoms with Gasteiger partial charge in [-0.15, -0.1) is 0 Å². The molecule has 0 saturated heterocycles. The molecule has 1 aromatic heterocycles. The highest BCUT2D eigenvalue weighted by Crippen LogP contribution is 2.44. The van der Waals surface area contributed by atoms with Crippen LogP contribution in [0.3, 0.4) is 0 Å². The lowest BCUT2D eigenvalue weighted by Crippen LogP contribution is -2.22. The number of rotatable bonds is 7. The zero-order chi connectivity index (χ0) is 21.8. The van der Waals surface area contributed by atoms with Crippen molar-refractivity contribution in [3.8, 4) is 23.0 Å². The number of nitrogens with one attached hydrogen (secondary N) is 1. The fraction of sp³-hybridized carbons (Fsp3) is 0.350. The minimum Gasteiger partial charge on any atom is -0.506 e. The highest BCUT2D eigenvalue weighted by Gasteiger charge is 2.30. The predicted octanol–water partition coefficient (Wildman–Crippen LogP) is 1.64. The van der Waals surface area contributed by atoms with Crippen LogP contribution in [0.15, 0.2) is 23.1 Å². The highest BCUT2D eigenvalue weighted by atomic mass is 16.6. The van der Waals surface area contributed by atoms with Gasteiger partial charge in [-0.3, -0.25) is 9.59 Å². The van der Waals surface area contributed by atoms with E-state index in [2.05, 4.69) is 4.98 Å². The van der Waals surface area contributed by atoms with Crippen LogP contribution in [0.4, 0.5) is 0 Å². The summed E-state index contributed by atoms with van der Waals surface area (Å²) in [4.78, 5) is 38.6. The van der Waals surface area contributed by atoms with E-state index in [1.807, 2.05) is 0 Å². The molecule has 0 spiro atoms. The van der Waals surface area contributed by atoms with Gasteiger partial charge in [-0.05, 0) is 24.6 Å². The predicted molar refractivity (Wildman–Crippen MR) is 103 cm³/mol. The molecule has 2 heterocycles. The molecular weight excluding hydrogens is 398 g/mol. The molecule has 1 atom stereocenters. The average molecular weight is 419 g/mol. The van der Waals surface area contributed by atoms with Crippen molar-refractivity contribution in [2.24, 2.45) is 0 Å². The van der Waals surface area contributed by atoms with Crippen molar-refractivity contribution in [3.05, 3.63) is 45.4 Å². The third kappa shape index (κ3) is 4.02. The Morgan fingerprint density at radius 3 is 2.67 bits per heavy atom. The van der Waals surface area contributed by atoms with Gasteiger partial charge in [0.2, 0.25) is 5.75 Å². The maximum absolute atomic E-state index is 12.6. The molecule has 0 amide bonds. The van der Waals surface area contributed by atoms with Crippen LogP contribution in [0.25, 0.3) is 0 Å². The molecule has 10 heteroatoms. The molecule has 1 aliphatic rings. The Kier molecular flexibility index (Phi) is 6.14. The van der Waals surface area contributed by atoms with Crippen molar-refractivity contribution in [2.75, 3.05) is 26.9 Å². The number of aromatic nitrogens is 1. The largest absolute Gasteiger partial charge is 0.506 e. The van der Waals surface area contributed by atoms with E-state index in [0.717, 1.165) is 6.20 Å². The number of aliphatic carboxylic acids is 1. The van der Waals surface area contributed by atoms with Crippen molar-refractivity contribution in [3.63, 3.8) is 0 Å². The van der Waals surface area contributed by atoms with Gasteiger partial charge in [-0.1, -0.05) is 0 Å². The first kappa shape index (κ1) is 21.0. The molecule has 2 aromatic rings. The molecule has 0 unspecified atom stereocenters. The lowest BCUT2D eigenvalue weighted by atomic mass is 9.87. The first-order chi connectivity index (χ1) is 14.4. The van der Waals surface area contributed by atoms with E-state index in [1.54, 1.807) is 6.92 Å². The summed E-state index contributed by atoms with van der Waals surface area (Å²) in [5.74, 6) is -2.84. The number of carboxylic acids is 1. The smallest absolute Gasteiger partial charge is 0.343 e. The summed E-state index contributed by atoms with van der Waals surface area (Å²) in [6.45, 7) is 2.26. The second kappa shape index (κ2) is 8.76. The number of carbonyl (C=O) groups is 2. The van der Waals surface area contributed by atoms with Crippen molar-refractivity contribution in [1.82, 2.24) is 4.98 Å². The van der Waals surface area contributed by atoms with Gasteiger partial charge in [-0.25, -0.2) is 4.79 Å². The zero-order valence-corrected chi connectivity index (χ0v) is 16.4. The number of ether oxygens (including phenoxy) is 4. The molecule has 0 saturated carbocycles. The summed E-state index contributed by atoms with van der Waals surface area (Å²) in [5.41, 5.74) is -0.950. The molecule has 0 aliphatic carbocycles. The maximum Gasteiger partial charge on any atom is 0.343 e. The van der Waals surface area contributed by atoms with E-state index in [4.69, 9.17) is 18.9 Å². The number of aromatic amines is 1. The quantitative estimate of drug-likeness (QED) is 0.570. The molecule has 30 heavy (non-hydrogen) atoms. The van der Waals surface area contributed by atoms with E-state index in [9.17, 15) is 24.6 Å². The van der Waals surface area contributed by atoms with Crippen molar-refractivity contribution in [1.29, 1.82) is 0 Å². The zero-order valence-electron chi connectivity index (χ0n) is 16.4. The van der Waals surface area contributed by atoms with Crippen molar-refractivity contribution < 1.29 is 38.7 Å². The molecule has 3 rings (SSSR count). The van der Waals surface area contributed by atoms with Crippen LogP contribution < -0.4 is 19.8 Å². The van der Waals surface area contributed by atoms with Crippen molar-refractivity contribution >= 4 is 11.9 Å². The molecule has 0 fully saturated rings. The number of carboxylic acid groups (broad SMARTS) is 1. The molecule has 1 aromatic carbocycles. The van der Waals surface area contributed by atoms with Gasteiger partial charge < -0.3 is 34.1 Å². The molecule has 160 valence electrons. The molecular formula is C20H21NO9. The first-order valence-electron chi connectivity index (χ1n) is 9.18. The number of hydrogen-bond donors (Lipinski definition) is 3. The van der Waals surface area contributed by atoms with Gasteiger partial charge in [0.1, 0.15) is 24.5 Å². The van der Waals surface area contributed by atoms with Gasteiger partial charge in [0, 0.05) is 12.1 Å². The van der Waals surface area contributed by atoms with Gasteiger partial charge >= 0.3 is 11.9 Å². The Hall–Kier alpha value is -3.69. The summed E-state index contributed by atoms with van der Waals surface area (Å²) in [5, 5.41) is 20.1. The number of esters is 1. The monoisotopic (exact) mass is 419 g/mol. The molecule has 10 nitrogen and oxygen atoms in total. The Labute approximate surface area is 171 Å².